The van der Waals surface area contributed by atoms with E-state index in [9.17, 15) is 0 Å². The Labute approximate surface area is 94.8 Å². The summed E-state index contributed by atoms with van der Waals surface area (Å²) in [5, 5.41) is 0. The molecule has 2 aliphatic rings. The molecule has 2 aliphatic carbocycles. The predicted octanol–water partition coefficient (Wildman–Crippen LogP) is 2.54. The molecule has 0 aliphatic heterocycles. The molecule has 1 atom stereocenters. The van der Waals surface area contributed by atoms with Gasteiger partial charge in [0.2, 0.25) is 0 Å². The first-order valence-electron chi connectivity index (χ1n) is 5.94. The van der Waals surface area contributed by atoms with Crippen molar-refractivity contribution in [1.82, 2.24) is 5.43 Å². The molecule has 3 heteroatoms. The number of nitrogens with two attached hydrogens (primary N) is 1. The molecule has 1 unspecified atom stereocenters. The lowest BCUT2D eigenvalue weighted by Gasteiger charge is -2.13. The van der Waals surface area contributed by atoms with Gasteiger partial charge >= 0.3 is 0 Å². The zero-order valence-electron chi connectivity index (χ0n) is 8.96. The second kappa shape index (κ2) is 3.89. The Hall–Kier alpha value is -0.380. The second-order valence-corrected chi connectivity index (χ2v) is 6.02. The van der Waals surface area contributed by atoms with Crippen LogP contribution in [0.2, 0.25) is 0 Å². The Morgan fingerprint density at radius 2 is 2.33 bits per heavy atom. The Morgan fingerprint density at radius 3 is 3.00 bits per heavy atom. The minimum absolute atomic E-state index is 0.410. The molecule has 2 nitrogen and oxygen atoms in total. The van der Waals surface area contributed by atoms with Gasteiger partial charge in [-0.1, -0.05) is 12.8 Å². The van der Waals surface area contributed by atoms with Crippen LogP contribution in [0.25, 0.3) is 0 Å². The summed E-state index contributed by atoms with van der Waals surface area (Å²) >= 11 is 1.98. The van der Waals surface area contributed by atoms with Gasteiger partial charge in [-0.15, -0.1) is 11.3 Å². The molecule has 82 valence electrons. The minimum Gasteiger partial charge on any atom is -0.271 e. The number of thiophene rings is 1. The van der Waals surface area contributed by atoms with Gasteiger partial charge in [-0.3, -0.25) is 11.3 Å². The molecule has 1 fully saturated rings. The summed E-state index contributed by atoms with van der Waals surface area (Å²) in [4.78, 5) is 3.08. The molecular formula is C12H18N2S. The molecule has 0 aromatic carbocycles. The molecule has 1 heterocycles. The number of aryl methyl sites for hydroxylation is 2. The SMILES string of the molecule is NNC(CC1CC1)c1cc2c(s1)CCC2. The van der Waals surface area contributed by atoms with Crippen molar-refractivity contribution >= 4 is 11.3 Å². The molecular weight excluding hydrogens is 204 g/mol. The average Bonchev–Trinajstić information content (AvgIpc) is 2.79. The Morgan fingerprint density at radius 1 is 1.47 bits per heavy atom. The van der Waals surface area contributed by atoms with Crippen molar-refractivity contribution in [3.63, 3.8) is 0 Å². The predicted molar refractivity (Wildman–Crippen MR) is 63.7 cm³/mol. The van der Waals surface area contributed by atoms with Gasteiger partial charge in [0.1, 0.15) is 0 Å². The van der Waals surface area contributed by atoms with Gasteiger partial charge in [-0.25, -0.2) is 0 Å². The summed E-state index contributed by atoms with van der Waals surface area (Å²) in [6, 6.07) is 2.80. The van der Waals surface area contributed by atoms with Crippen molar-refractivity contribution in [2.24, 2.45) is 11.8 Å². The summed E-state index contributed by atoms with van der Waals surface area (Å²) in [6.07, 6.45) is 7.97. The fourth-order valence-corrected chi connectivity index (χ4v) is 3.81. The van der Waals surface area contributed by atoms with Crippen LogP contribution >= 0.6 is 11.3 Å². The van der Waals surface area contributed by atoms with E-state index in [0.717, 1.165) is 5.92 Å². The molecule has 1 aromatic heterocycles. The van der Waals surface area contributed by atoms with Gasteiger partial charge in [0.25, 0.3) is 0 Å². The van der Waals surface area contributed by atoms with Gasteiger partial charge in [0.15, 0.2) is 0 Å². The van der Waals surface area contributed by atoms with Crippen LogP contribution in [0.1, 0.15) is 47.0 Å². The first-order chi connectivity index (χ1) is 7.36. The van der Waals surface area contributed by atoms with Gasteiger partial charge in [-0.2, -0.15) is 0 Å². The molecule has 0 bridgehead atoms. The van der Waals surface area contributed by atoms with Crippen molar-refractivity contribution < 1.29 is 0 Å². The van der Waals surface area contributed by atoms with E-state index in [1.165, 1.54) is 43.4 Å². The zero-order valence-corrected chi connectivity index (χ0v) is 9.78. The Bertz CT molecular complexity index is 333. The standard InChI is InChI=1S/C12H18N2S/c13-14-10(6-8-4-5-8)12-7-9-2-1-3-11(9)15-12/h7-8,10,14H,1-6,13H2. The van der Waals surface area contributed by atoms with Crippen LogP contribution in [-0.2, 0) is 12.8 Å². The highest BCUT2D eigenvalue weighted by molar-refractivity contribution is 7.12. The maximum Gasteiger partial charge on any atom is 0.0556 e. The van der Waals surface area contributed by atoms with E-state index >= 15 is 0 Å². The molecule has 1 aromatic rings. The largest absolute Gasteiger partial charge is 0.271 e. The number of rotatable bonds is 4. The van der Waals surface area contributed by atoms with E-state index in [1.807, 2.05) is 11.3 Å². The average molecular weight is 222 g/mol. The summed E-state index contributed by atoms with van der Waals surface area (Å²) in [7, 11) is 0. The monoisotopic (exact) mass is 222 g/mol. The molecule has 0 amide bonds. The van der Waals surface area contributed by atoms with E-state index in [2.05, 4.69) is 11.5 Å². The van der Waals surface area contributed by atoms with Crippen molar-refractivity contribution in [1.29, 1.82) is 0 Å². The van der Waals surface area contributed by atoms with Crippen LogP contribution in [0.4, 0.5) is 0 Å². The maximum atomic E-state index is 5.66. The highest BCUT2D eigenvalue weighted by Gasteiger charge is 2.27. The summed E-state index contributed by atoms with van der Waals surface area (Å²) in [5.74, 6) is 6.59. The molecule has 1 saturated carbocycles. The smallest absolute Gasteiger partial charge is 0.0556 e. The first kappa shape index (κ1) is 9.82. The van der Waals surface area contributed by atoms with Gasteiger partial charge in [0, 0.05) is 9.75 Å². The number of hydrogen-bond donors (Lipinski definition) is 2. The van der Waals surface area contributed by atoms with Crippen LogP contribution in [0.5, 0.6) is 0 Å². The van der Waals surface area contributed by atoms with Gasteiger partial charge in [-0.05, 0) is 43.2 Å². The summed E-state index contributed by atoms with van der Waals surface area (Å²) in [6.45, 7) is 0. The summed E-state index contributed by atoms with van der Waals surface area (Å²) < 4.78 is 0. The lowest BCUT2D eigenvalue weighted by Crippen LogP contribution is -2.27. The fourth-order valence-electron chi connectivity index (χ4n) is 2.48. The molecule has 0 radical (unpaired) electrons. The van der Waals surface area contributed by atoms with E-state index in [4.69, 9.17) is 5.84 Å². The van der Waals surface area contributed by atoms with Crippen molar-refractivity contribution in [2.75, 3.05) is 0 Å². The number of hydrogen-bond acceptors (Lipinski definition) is 3. The molecule has 0 saturated heterocycles. The van der Waals surface area contributed by atoms with Crippen molar-refractivity contribution in [3.8, 4) is 0 Å². The fraction of sp³-hybridized carbons (Fsp3) is 0.667. The number of hydrazine groups is 1. The third kappa shape index (κ3) is 1.96. The van der Waals surface area contributed by atoms with E-state index in [1.54, 1.807) is 10.4 Å². The van der Waals surface area contributed by atoms with Crippen LogP contribution in [0, 0.1) is 5.92 Å². The molecule has 3 rings (SSSR count). The van der Waals surface area contributed by atoms with E-state index in [0.29, 0.717) is 6.04 Å². The molecule has 0 spiro atoms. The Kier molecular flexibility index (Phi) is 2.54. The third-order valence-electron chi connectivity index (χ3n) is 3.58. The zero-order chi connectivity index (χ0) is 10.3. The number of fused-ring (bicyclic) bond motifs is 1. The molecule has 3 N–H and O–H groups in total. The van der Waals surface area contributed by atoms with Crippen LogP contribution in [0.3, 0.4) is 0 Å². The Balaban J connectivity index is 1.76. The highest BCUT2D eigenvalue weighted by atomic mass is 32.1. The quantitative estimate of drug-likeness (QED) is 0.607. The maximum absolute atomic E-state index is 5.66. The van der Waals surface area contributed by atoms with E-state index < -0.39 is 0 Å². The first-order valence-corrected chi connectivity index (χ1v) is 6.76. The van der Waals surface area contributed by atoms with Crippen molar-refractivity contribution in [2.45, 2.75) is 44.6 Å². The van der Waals surface area contributed by atoms with Crippen molar-refractivity contribution in [3.05, 3.63) is 21.4 Å². The number of nitrogens with one attached hydrogen (secondary N) is 1. The van der Waals surface area contributed by atoms with Crippen LogP contribution in [0.15, 0.2) is 6.07 Å². The van der Waals surface area contributed by atoms with Gasteiger partial charge in [0.05, 0.1) is 6.04 Å². The van der Waals surface area contributed by atoms with Crippen LogP contribution in [-0.4, -0.2) is 0 Å². The van der Waals surface area contributed by atoms with Crippen LogP contribution < -0.4 is 11.3 Å². The topological polar surface area (TPSA) is 38.0 Å². The third-order valence-corrected chi connectivity index (χ3v) is 4.93. The second-order valence-electron chi connectivity index (χ2n) is 4.85. The minimum atomic E-state index is 0.410. The normalized spacial score (nSPS) is 21.7. The lowest BCUT2D eigenvalue weighted by molar-refractivity contribution is 0.494. The highest BCUT2D eigenvalue weighted by Crippen LogP contribution is 2.40. The van der Waals surface area contributed by atoms with Gasteiger partial charge < -0.3 is 0 Å². The lowest BCUT2D eigenvalue weighted by atomic mass is 10.1. The van der Waals surface area contributed by atoms with E-state index in [-0.39, 0.29) is 0 Å². The molecule has 15 heavy (non-hydrogen) atoms. The summed E-state index contributed by atoms with van der Waals surface area (Å²) in [5.41, 5.74) is 4.58.